The predicted octanol–water partition coefficient (Wildman–Crippen LogP) is 2.65. The summed E-state index contributed by atoms with van der Waals surface area (Å²) in [4.78, 5) is 38.1. The van der Waals surface area contributed by atoms with E-state index in [0.29, 0.717) is 12.2 Å². The van der Waals surface area contributed by atoms with Crippen LogP contribution in [0.4, 0.5) is 0 Å². The first kappa shape index (κ1) is 18.5. The van der Waals surface area contributed by atoms with E-state index in [4.69, 9.17) is 9.47 Å². The molecule has 0 bridgehead atoms. The van der Waals surface area contributed by atoms with Crippen LogP contribution in [-0.2, 0) is 14.3 Å². The van der Waals surface area contributed by atoms with E-state index < -0.39 is 11.9 Å². The fourth-order valence-corrected chi connectivity index (χ4v) is 3.09. The average Bonchev–Trinajstić information content (AvgIpc) is 2.70. The van der Waals surface area contributed by atoms with Gasteiger partial charge in [-0.05, 0) is 12.5 Å². The highest BCUT2D eigenvalue weighted by Gasteiger charge is 2.35. The molecule has 0 saturated carbocycles. The second-order valence-electron chi connectivity index (χ2n) is 5.90. The summed E-state index contributed by atoms with van der Waals surface area (Å²) >= 11 is 0. The number of carbonyl (C=O) groups is 3. The van der Waals surface area contributed by atoms with Gasteiger partial charge < -0.3 is 9.47 Å². The van der Waals surface area contributed by atoms with Crippen LogP contribution >= 0.6 is 0 Å². The van der Waals surface area contributed by atoms with Crippen molar-refractivity contribution >= 4 is 17.5 Å². The van der Waals surface area contributed by atoms with Crippen molar-refractivity contribution in [2.24, 2.45) is 0 Å². The molecule has 0 heterocycles. The van der Waals surface area contributed by atoms with Crippen molar-refractivity contribution in [3.63, 3.8) is 0 Å². The highest BCUT2D eigenvalue weighted by Crippen LogP contribution is 2.33. The van der Waals surface area contributed by atoms with Crippen LogP contribution in [0, 0.1) is 11.3 Å². The second-order valence-corrected chi connectivity index (χ2v) is 5.90. The van der Waals surface area contributed by atoms with E-state index in [1.807, 2.05) is 13.0 Å². The summed E-state index contributed by atoms with van der Waals surface area (Å²) in [6, 6.07) is 13.0. The highest BCUT2D eigenvalue weighted by atomic mass is 16.6. The van der Waals surface area contributed by atoms with Gasteiger partial charge in [-0.2, -0.15) is 5.26 Å². The van der Waals surface area contributed by atoms with Gasteiger partial charge in [-0.15, -0.1) is 0 Å². The van der Waals surface area contributed by atoms with Crippen molar-refractivity contribution in [2.45, 2.75) is 12.8 Å². The van der Waals surface area contributed by atoms with Gasteiger partial charge in [0.05, 0.1) is 12.7 Å². The minimum absolute atomic E-state index is 0.00951. The molecule has 1 aliphatic carbocycles. The van der Waals surface area contributed by atoms with Gasteiger partial charge >= 0.3 is 5.97 Å². The Morgan fingerprint density at radius 3 is 2.33 bits per heavy atom. The van der Waals surface area contributed by atoms with Gasteiger partial charge in [-0.3, -0.25) is 14.4 Å². The smallest absolute Gasteiger partial charge is 0.328 e. The fourth-order valence-electron chi connectivity index (χ4n) is 3.09. The van der Waals surface area contributed by atoms with E-state index in [2.05, 4.69) is 0 Å². The number of benzene rings is 2. The molecular formula is C21H17NO5. The molecule has 0 fully saturated rings. The molecule has 0 aliphatic heterocycles. The van der Waals surface area contributed by atoms with Gasteiger partial charge in [0.15, 0.2) is 17.5 Å². The molecule has 1 aliphatic rings. The van der Waals surface area contributed by atoms with Crippen LogP contribution in [0.15, 0.2) is 42.5 Å². The second kappa shape index (κ2) is 7.94. The van der Waals surface area contributed by atoms with Crippen LogP contribution < -0.4 is 0 Å². The molecule has 0 saturated heterocycles. The van der Waals surface area contributed by atoms with Gasteiger partial charge in [-0.25, -0.2) is 0 Å². The number of ether oxygens (including phenoxy) is 2. The van der Waals surface area contributed by atoms with Crippen LogP contribution in [0.3, 0.4) is 0 Å². The van der Waals surface area contributed by atoms with Crippen LogP contribution in [0.5, 0.6) is 0 Å². The van der Waals surface area contributed by atoms with Crippen molar-refractivity contribution in [1.29, 1.82) is 5.26 Å². The Morgan fingerprint density at radius 2 is 1.67 bits per heavy atom. The topological polar surface area (TPSA) is 93.5 Å². The van der Waals surface area contributed by atoms with Crippen LogP contribution in [0.1, 0.15) is 50.2 Å². The monoisotopic (exact) mass is 363 g/mol. The molecular weight excluding hydrogens is 346 g/mol. The van der Waals surface area contributed by atoms with Gasteiger partial charge in [-0.1, -0.05) is 42.5 Å². The number of ketones is 2. The molecule has 2 aromatic rings. The summed E-state index contributed by atoms with van der Waals surface area (Å²) < 4.78 is 10.2. The molecule has 27 heavy (non-hydrogen) atoms. The summed E-state index contributed by atoms with van der Waals surface area (Å²) in [6.45, 7) is 2.53. The number of esters is 1. The number of hydrogen-bond donors (Lipinski definition) is 0. The predicted molar refractivity (Wildman–Crippen MR) is 95.6 cm³/mol. The van der Waals surface area contributed by atoms with E-state index in [0.717, 1.165) is 0 Å². The van der Waals surface area contributed by atoms with Gasteiger partial charge in [0.25, 0.3) is 0 Å². The van der Waals surface area contributed by atoms with E-state index in [9.17, 15) is 19.6 Å². The quantitative estimate of drug-likeness (QED) is 0.494. The number of nitriles is 1. The lowest BCUT2D eigenvalue weighted by Gasteiger charge is -2.21. The lowest BCUT2D eigenvalue weighted by atomic mass is 9.79. The Bertz CT molecular complexity index is 957. The van der Waals surface area contributed by atoms with Gasteiger partial charge in [0.2, 0.25) is 0 Å². The molecule has 1 atom stereocenters. The number of nitrogens with zero attached hydrogens (tertiary/aromatic N) is 1. The molecule has 6 heteroatoms. The zero-order chi connectivity index (χ0) is 19.4. The number of hydrogen-bond acceptors (Lipinski definition) is 6. The van der Waals surface area contributed by atoms with Crippen molar-refractivity contribution in [3.05, 3.63) is 70.3 Å². The summed E-state index contributed by atoms with van der Waals surface area (Å²) in [5, 5.41) is 9.52. The van der Waals surface area contributed by atoms with Gasteiger partial charge in [0, 0.05) is 28.9 Å². The number of rotatable bonds is 6. The Balaban J connectivity index is 1.99. The van der Waals surface area contributed by atoms with Crippen molar-refractivity contribution < 1.29 is 23.9 Å². The molecule has 2 aromatic carbocycles. The summed E-state index contributed by atoms with van der Waals surface area (Å²) in [5.41, 5.74) is 1.06. The SMILES string of the molecule is CCOCCOC(=O)C(C#N)c1cccc2c1C(=O)c1ccccc1C2=O. The molecule has 0 N–H and O–H groups in total. The van der Waals surface area contributed by atoms with Crippen LogP contribution in [0.2, 0.25) is 0 Å². The molecule has 0 spiro atoms. The molecule has 0 radical (unpaired) electrons. The maximum absolute atomic E-state index is 13.0. The van der Waals surface area contributed by atoms with Crippen molar-refractivity contribution in [3.8, 4) is 6.07 Å². The lowest BCUT2D eigenvalue weighted by molar-refractivity contribution is -0.145. The Morgan fingerprint density at radius 1 is 1.00 bits per heavy atom. The first-order valence-corrected chi connectivity index (χ1v) is 8.55. The number of carbonyl (C=O) groups excluding carboxylic acids is 3. The first-order chi connectivity index (χ1) is 13.1. The van der Waals surface area contributed by atoms with E-state index >= 15 is 0 Å². The van der Waals surface area contributed by atoms with Crippen LogP contribution in [-0.4, -0.2) is 37.4 Å². The van der Waals surface area contributed by atoms with E-state index in [-0.39, 0.29) is 47.0 Å². The summed E-state index contributed by atoms with van der Waals surface area (Å²) in [7, 11) is 0. The average molecular weight is 363 g/mol. The number of fused-ring (bicyclic) bond motifs is 2. The highest BCUT2D eigenvalue weighted by molar-refractivity contribution is 6.29. The summed E-state index contributed by atoms with van der Waals surface area (Å²) in [5.74, 6) is -2.75. The van der Waals surface area contributed by atoms with Crippen molar-refractivity contribution in [1.82, 2.24) is 0 Å². The third-order valence-corrected chi connectivity index (χ3v) is 4.34. The Kier molecular flexibility index (Phi) is 5.43. The van der Waals surface area contributed by atoms with E-state index in [1.54, 1.807) is 30.3 Å². The minimum atomic E-state index is -1.30. The maximum Gasteiger partial charge on any atom is 0.328 e. The third kappa shape index (κ3) is 3.37. The standard InChI is InChI=1S/C21H17NO5/c1-2-26-10-11-27-21(25)17(12-22)13-8-5-9-16-18(13)20(24)15-7-4-3-6-14(15)19(16)23/h3-9,17H,2,10-11H2,1H3. The molecule has 1 unspecified atom stereocenters. The Labute approximate surface area is 156 Å². The van der Waals surface area contributed by atoms with Gasteiger partial charge in [0.1, 0.15) is 6.61 Å². The van der Waals surface area contributed by atoms with Crippen LogP contribution in [0.25, 0.3) is 0 Å². The zero-order valence-electron chi connectivity index (χ0n) is 14.7. The molecule has 3 rings (SSSR count). The summed E-state index contributed by atoms with van der Waals surface area (Å²) in [6.07, 6.45) is 0. The molecule has 6 nitrogen and oxygen atoms in total. The normalized spacial score (nSPS) is 13.3. The molecule has 0 amide bonds. The third-order valence-electron chi connectivity index (χ3n) is 4.34. The zero-order valence-corrected chi connectivity index (χ0v) is 14.7. The van der Waals surface area contributed by atoms with Crippen molar-refractivity contribution in [2.75, 3.05) is 19.8 Å². The maximum atomic E-state index is 13.0. The lowest BCUT2D eigenvalue weighted by Crippen LogP contribution is -2.25. The fraction of sp³-hybridized carbons (Fsp3) is 0.238. The molecule has 136 valence electrons. The largest absolute Gasteiger partial charge is 0.462 e. The minimum Gasteiger partial charge on any atom is -0.462 e. The Hall–Kier alpha value is -3.30. The van der Waals surface area contributed by atoms with E-state index in [1.165, 1.54) is 12.1 Å². The first-order valence-electron chi connectivity index (χ1n) is 8.55. The molecule has 0 aromatic heterocycles.